The molecule has 8 nitrogen and oxygen atoms in total. The van der Waals surface area contributed by atoms with Crippen LogP contribution in [0.4, 0.5) is 17.6 Å². The van der Waals surface area contributed by atoms with Crippen molar-refractivity contribution in [2.45, 2.75) is 50.8 Å². The van der Waals surface area contributed by atoms with E-state index >= 15 is 0 Å². The molecule has 1 aliphatic rings. The molecule has 4 N–H and O–H groups in total. The van der Waals surface area contributed by atoms with Crippen molar-refractivity contribution >= 4 is 29.5 Å². The number of rotatable bonds is 11. The average molecular weight is 572 g/mol. The molecule has 3 rings (SSSR count). The Morgan fingerprint density at radius 3 is 2.38 bits per heavy atom. The molecule has 1 fully saturated rings. The van der Waals surface area contributed by atoms with Gasteiger partial charge in [-0.2, -0.15) is 0 Å². The SMILES string of the molecule is CC(C)C(Oc1ccc(CNC(=O)C2SCCN2C(=O)CC(N)Cc2cc(F)c(F)cc2F)c(F)c1)C(=O)O. The van der Waals surface area contributed by atoms with E-state index in [1.54, 1.807) is 13.8 Å². The lowest BCUT2D eigenvalue weighted by Gasteiger charge is -2.24. The molecule has 212 valence electrons. The smallest absolute Gasteiger partial charge is 0.345 e. The van der Waals surface area contributed by atoms with Gasteiger partial charge in [-0.1, -0.05) is 19.9 Å². The molecular formula is C26H29F4N3O5S. The summed E-state index contributed by atoms with van der Waals surface area (Å²) >= 11 is 1.21. The molecule has 2 aromatic rings. The Morgan fingerprint density at radius 1 is 1.08 bits per heavy atom. The summed E-state index contributed by atoms with van der Waals surface area (Å²) in [6, 6.07) is 4.02. The zero-order valence-corrected chi connectivity index (χ0v) is 22.1. The summed E-state index contributed by atoms with van der Waals surface area (Å²) in [5, 5.41) is 10.9. The van der Waals surface area contributed by atoms with Crippen LogP contribution >= 0.6 is 11.8 Å². The fourth-order valence-corrected chi connectivity index (χ4v) is 5.15. The second kappa shape index (κ2) is 13.2. The zero-order chi connectivity index (χ0) is 28.9. The van der Waals surface area contributed by atoms with Gasteiger partial charge in [-0.15, -0.1) is 11.8 Å². The fraction of sp³-hybridized carbons (Fsp3) is 0.423. The van der Waals surface area contributed by atoms with E-state index in [1.807, 2.05) is 0 Å². The largest absolute Gasteiger partial charge is 0.478 e. The lowest BCUT2D eigenvalue weighted by molar-refractivity contribution is -0.147. The summed E-state index contributed by atoms with van der Waals surface area (Å²) < 4.78 is 60.5. The molecule has 2 aromatic carbocycles. The maximum absolute atomic E-state index is 14.6. The minimum absolute atomic E-state index is 0.0337. The Kier molecular flexibility index (Phi) is 10.2. The van der Waals surface area contributed by atoms with Crippen molar-refractivity contribution in [3.05, 3.63) is 64.7 Å². The predicted octanol–water partition coefficient (Wildman–Crippen LogP) is 3.21. The van der Waals surface area contributed by atoms with Crippen molar-refractivity contribution in [1.82, 2.24) is 10.2 Å². The van der Waals surface area contributed by atoms with E-state index in [0.29, 0.717) is 17.9 Å². The third-order valence-electron chi connectivity index (χ3n) is 6.03. The minimum Gasteiger partial charge on any atom is -0.478 e. The number of carbonyl (C=O) groups excluding carboxylic acids is 2. The van der Waals surface area contributed by atoms with Crippen molar-refractivity contribution in [3.8, 4) is 5.75 Å². The van der Waals surface area contributed by atoms with Gasteiger partial charge in [0.2, 0.25) is 5.91 Å². The molecule has 13 heteroatoms. The van der Waals surface area contributed by atoms with Gasteiger partial charge in [0.15, 0.2) is 23.1 Å². The maximum atomic E-state index is 14.6. The lowest BCUT2D eigenvalue weighted by Crippen LogP contribution is -2.46. The van der Waals surface area contributed by atoms with Gasteiger partial charge in [0.25, 0.3) is 5.91 Å². The van der Waals surface area contributed by atoms with Crippen molar-refractivity contribution in [2.75, 3.05) is 12.3 Å². The van der Waals surface area contributed by atoms with Crippen LogP contribution < -0.4 is 15.8 Å². The number of hydrogen-bond donors (Lipinski definition) is 3. The molecule has 0 spiro atoms. The highest BCUT2D eigenvalue weighted by Gasteiger charge is 2.35. The number of aliphatic carboxylic acids is 1. The topological polar surface area (TPSA) is 122 Å². The van der Waals surface area contributed by atoms with Crippen LogP contribution in [0.3, 0.4) is 0 Å². The molecular weight excluding hydrogens is 542 g/mol. The number of carboxylic acid groups (broad SMARTS) is 1. The number of thioether (sulfide) groups is 1. The average Bonchev–Trinajstić information content (AvgIpc) is 3.35. The normalized spacial score (nSPS) is 16.7. The second-order valence-corrected chi connectivity index (χ2v) is 10.6. The van der Waals surface area contributed by atoms with Gasteiger partial charge in [-0.05, 0) is 24.1 Å². The second-order valence-electron chi connectivity index (χ2n) is 9.43. The molecule has 3 atom stereocenters. The Bertz CT molecular complexity index is 1230. The molecule has 1 aliphatic heterocycles. The highest BCUT2D eigenvalue weighted by Crippen LogP contribution is 2.26. The van der Waals surface area contributed by atoms with E-state index in [1.165, 1.54) is 28.8 Å². The lowest BCUT2D eigenvalue weighted by atomic mass is 10.0. The van der Waals surface area contributed by atoms with Crippen LogP contribution in [0.2, 0.25) is 0 Å². The summed E-state index contributed by atoms with van der Waals surface area (Å²) in [5.74, 6) is -6.25. The highest BCUT2D eigenvalue weighted by atomic mass is 32.2. The van der Waals surface area contributed by atoms with E-state index in [9.17, 15) is 37.1 Å². The molecule has 0 radical (unpaired) electrons. The van der Waals surface area contributed by atoms with Crippen molar-refractivity contribution < 1.29 is 41.8 Å². The number of nitrogens with two attached hydrogens (primary N) is 1. The zero-order valence-electron chi connectivity index (χ0n) is 21.3. The monoisotopic (exact) mass is 571 g/mol. The molecule has 1 heterocycles. The van der Waals surface area contributed by atoms with Gasteiger partial charge < -0.3 is 25.8 Å². The Labute approximate surface area is 226 Å². The van der Waals surface area contributed by atoms with Crippen LogP contribution in [0, 0.1) is 29.2 Å². The van der Waals surface area contributed by atoms with Gasteiger partial charge in [0.05, 0.1) is 0 Å². The first-order valence-corrected chi connectivity index (χ1v) is 13.2. The Morgan fingerprint density at radius 2 is 1.74 bits per heavy atom. The molecule has 0 saturated carbocycles. The predicted molar refractivity (Wildman–Crippen MR) is 136 cm³/mol. The Hall–Kier alpha value is -3.32. The molecule has 0 bridgehead atoms. The van der Waals surface area contributed by atoms with Crippen LogP contribution in [-0.2, 0) is 27.3 Å². The number of carbonyl (C=O) groups is 3. The number of amides is 2. The molecule has 2 amide bonds. The minimum atomic E-state index is -1.33. The number of benzene rings is 2. The van der Waals surface area contributed by atoms with Gasteiger partial charge in [0, 0.05) is 54.9 Å². The number of nitrogens with one attached hydrogen (secondary N) is 1. The van der Waals surface area contributed by atoms with E-state index in [4.69, 9.17) is 10.5 Å². The molecule has 39 heavy (non-hydrogen) atoms. The van der Waals surface area contributed by atoms with Gasteiger partial charge in [-0.25, -0.2) is 22.4 Å². The Balaban J connectivity index is 1.56. The van der Waals surface area contributed by atoms with Gasteiger partial charge in [-0.3, -0.25) is 9.59 Å². The van der Waals surface area contributed by atoms with Gasteiger partial charge >= 0.3 is 5.97 Å². The number of carboxylic acids is 1. The van der Waals surface area contributed by atoms with Crippen LogP contribution in [0.25, 0.3) is 0 Å². The summed E-state index contributed by atoms with van der Waals surface area (Å²) in [6.07, 6.45) is -1.62. The molecule has 1 saturated heterocycles. The van der Waals surface area contributed by atoms with Crippen LogP contribution in [-0.4, -0.2) is 57.6 Å². The van der Waals surface area contributed by atoms with Crippen molar-refractivity contribution in [1.29, 1.82) is 0 Å². The van der Waals surface area contributed by atoms with Crippen LogP contribution in [0.15, 0.2) is 30.3 Å². The molecule has 0 aliphatic carbocycles. The standard InChI is InChI=1S/C26H29F4N3O5S/c1-13(2)23(26(36)37)38-17-4-3-14(18(27)10-17)12-32-24(35)25-33(5-6-39-25)22(34)9-16(31)7-15-8-20(29)21(30)11-19(15)28/h3-4,8,10-11,13,16,23,25H,5-7,9,12,31H2,1-2H3,(H,32,35)(H,36,37). The summed E-state index contributed by atoms with van der Waals surface area (Å²) in [5.41, 5.74) is 5.92. The van der Waals surface area contributed by atoms with Gasteiger partial charge in [0.1, 0.15) is 17.4 Å². The quantitative estimate of drug-likeness (QED) is 0.280. The molecule has 0 aromatic heterocycles. The number of halogens is 4. The first kappa shape index (κ1) is 30.2. The maximum Gasteiger partial charge on any atom is 0.345 e. The van der Waals surface area contributed by atoms with Crippen LogP contribution in [0.5, 0.6) is 5.75 Å². The van der Waals surface area contributed by atoms with E-state index in [2.05, 4.69) is 5.32 Å². The summed E-state index contributed by atoms with van der Waals surface area (Å²) in [6.45, 7) is 3.39. The van der Waals surface area contributed by atoms with E-state index in [0.717, 1.165) is 6.07 Å². The first-order valence-electron chi connectivity index (χ1n) is 12.1. The number of nitrogens with zero attached hydrogens (tertiary/aromatic N) is 1. The van der Waals surface area contributed by atoms with Crippen molar-refractivity contribution in [2.24, 2.45) is 11.7 Å². The summed E-state index contributed by atoms with van der Waals surface area (Å²) in [7, 11) is 0. The third-order valence-corrected chi connectivity index (χ3v) is 7.24. The van der Waals surface area contributed by atoms with Crippen LogP contribution in [0.1, 0.15) is 31.4 Å². The third kappa shape index (κ3) is 7.85. The number of hydrogen-bond acceptors (Lipinski definition) is 6. The summed E-state index contributed by atoms with van der Waals surface area (Å²) in [4.78, 5) is 38.2. The van der Waals surface area contributed by atoms with Crippen molar-refractivity contribution in [3.63, 3.8) is 0 Å². The fourth-order valence-electron chi connectivity index (χ4n) is 3.99. The first-order chi connectivity index (χ1) is 18.4. The van der Waals surface area contributed by atoms with E-state index in [-0.39, 0.29) is 48.7 Å². The van der Waals surface area contributed by atoms with E-state index < -0.39 is 58.6 Å². The molecule has 3 unspecified atom stereocenters. The highest BCUT2D eigenvalue weighted by molar-refractivity contribution is 8.00. The number of ether oxygens (including phenoxy) is 1.